The lowest BCUT2D eigenvalue weighted by Gasteiger charge is -2.33. The third kappa shape index (κ3) is 5.97. The molecule has 4 heterocycles. The second-order valence-corrected chi connectivity index (χ2v) is 10.3. The van der Waals surface area contributed by atoms with Crippen molar-refractivity contribution < 1.29 is 19.0 Å². The van der Waals surface area contributed by atoms with E-state index in [1.165, 1.54) is 0 Å². The van der Waals surface area contributed by atoms with Crippen LogP contribution >= 0.6 is 0 Å². The first kappa shape index (κ1) is 26.3. The molecule has 1 unspecified atom stereocenters. The van der Waals surface area contributed by atoms with Crippen LogP contribution in [0.1, 0.15) is 30.1 Å². The number of terminal acetylenes is 1. The zero-order valence-electron chi connectivity index (χ0n) is 22.5. The number of nitrogens with zero attached hydrogens (tertiary/aromatic N) is 4. The molecule has 3 aliphatic heterocycles. The van der Waals surface area contributed by atoms with Crippen molar-refractivity contribution in [3.05, 3.63) is 47.7 Å². The average molecular weight is 543 g/mol. The Labute approximate surface area is 234 Å². The summed E-state index contributed by atoms with van der Waals surface area (Å²) in [6, 6.07) is 10.1. The van der Waals surface area contributed by atoms with Crippen LogP contribution in [0.3, 0.4) is 0 Å². The van der Waals surface area contributed by atoms with Gasteiger partial charge in [-0.2, -0.15) is 0 Å². The average Bonchev–Trinajstić information content (AvgIpc) is 3.02. The van der Waals surface area contributed by atoms with Crippen LogP contribution in [0.5, 0.6) is 5.75 Å². The summed E-state index contributed by atoms with van der Waals surface area (Å²) < 4.78 is 18.1. The number of morpholine rings is 2. The van der Waals surface area contributed by atoms with E-state index in [0.717, 1.165) is 78.8 Å². The van der Waals surface area contributed by atoms with Gasteiger partial charge in [-0.15, -0.1) is 6.42 Å². The van der Waals surface area contributed by atoms with Crippen molar-refractivity contribution in [3.63, 3.8) is 0 Å². The molecule has 3 fully saturated rings. The third-order valence-corrected chi connectivity index (χ3v) is 7.59. The molecule has 0 bridgehead atoms. The highest BCUT2D eigenvalue weighted by Gasteiger charge is 2.24. The minimum absolute atomic E-state index is 0.109. The van der Waals surface area contributed by atoms with E-state index in [1.54, 1.807) is 11.1 Å². The van der Waals surface area contributed by atoms with Gasteiger partial charge in [0.1, 0.15) is 23.5 Å². The van der Waals surface area contributed by atoms with Crippen LogP contribution in [-0.4, -0.2) is 86.5 Å². The molecule has 1 aromatic heterocycles. The van der Waals surface area contributed by atoms with Crippen molar-refractivity contribution in [3.8, 4) is 18.1 Å². The summed E-state index contributed by atoms with van der Waals surface area (Å²) >= 11 is 0. The van der Waals surface area contributed by atoms with E-state index in [1.807, 2.05) is 18.2 Å². The zero-order valence-corrected chi connectivity index (χ0v) is 22.5. The SMILES string of the molecule is C#Cc1cc(OC2CCNCC2)c2nc(Nc3cc(C4CN(C=O)CCO4)cc(N4CCOCC4)c3)ncc2c1. The summed E-state index contributed by atoms with van der Waals surface area (Å²) in [4.78, 5) is 25.0. The number of nitrogens with one attached hydrogen (secondary N) is 2. The van der Waals surface area contributed by atoms with Gasteiger partial charge in [-0.25, -0.2) is 9.97 Å². The third-order valence-electron chi connectivity index (χ3n) is 7.59. The van der Waals surface area contributed by atoms with Crippen molar-refractivity contribution in [2.24, 2.45) is 0 Å². The van der Waals surface area contributed by atoms with Gasteiger partial charge in [0.15, 0.2) is 0 Å². The molecule has 208 valence electrons. The van der Waals surface area contributed by atoms with Crippen molar-refractivity contribution in [1.82, 2.24) is 20.2 Å². The van der Waals surface area contributed by atoms with Crippen molar-refractivity contribution in [2.45, 2.75) is 25.0 Å². The van der Waals surface area contributed by atoms with E-state index in [0.29, 0.717) is 44.6 Å². The van der Waals surface area contributed by atoms with Crippen molar-refractivity contribution in [2.75, 3.05) is 69.3 Å². The highest BCUT2D eigenvalue weighted by atomic mass is 16.5. The first-order valence-electron chi connectivity index (χ1n) is 13.9. The fraction of sp³-hybridized carbons (Fsp3) is 0.433. The van der Waals surface area contributed by atoms with Crippen LogP contribution in [0, 0.1) is 12.3 Å². The predicted octanol–water partition coefficient (Wildman–Crippen LogP) is 2.85. The maximum absolute atomic E-state index is 11.5. The maximum Gasteiger partial charge on any atom is 0.227 e. The quantitative estimate of drug-likeness (QED) is 0.345. The van der Waals surface area contributed by atoms with Crippen LogP contribution in [0.4, 0.5) is 17.3 Å². The molecule has 0 saturated carbocycles. The molecule has 3 aromatic rings. The Morgan fingerprint density at radius 1 is 1.10 bits per heavy atom. The van der Waals surface area contributed by atoms with Crippen LogP contribution in [0.15, 0.2) is 36.5 Å². The van der Waals surface area contributed by atoms with E-state index in [2.05, 4.69) is 38.6 Å². The number of fused-ring (bicyclic) bond motifs is 1. The second kappa shape index (κ2) is 12.1. The number of ether oxygens (including phenoxy) is 3. The minimum atomic E-state index is -0.217. The Bertz CT molecular complexity index is 1400. The number of rotatable bonds is 7. The fourth-order valence-electron chi connectivity index (χ4n) is 5.43. The van der Waals surface area contributed by atoms with Gasteiger partial charge in [0, 0.05) is 48.2 Å². The number of anilines is 3. The number of aromatic nitrogens is 2. The number of hydrogen-bond acceptors (Lipinski definition) is 9. The van der Waals surface area contributed by atoms with Crippen LogP contribution in [0.25, 0.3) is 10.9 Å². The van der Waals surface area contributed by atoms with Gasteiger partial charge in [0.2, 0.25) is 12.4 Å². The minimum Gasteiger partial charge on any atom is -0.488 e. The predicted molar refractivity (Wildman–Crippen MR) is 153 cm³/mol. The van der Waals surface area contributed by atoms with Gasteiger partial charge in [0.25, 0.3) is 0 Å². The van der Waals surface area contributed by atoms with E-state index >= 15 is 0 Å². The summed E-state index contributed by atoms with van der Waals surface area (Å²) in [5.41, 5.74) is 4.35. The summed E-state index contributed by atoms with van der Waals surface area (Å²) in [6.45, 7) is 6.43. The maximum atomic E-state index is 11.5. The molecule has 3 saturated heterocycles. The first-order valence-corrected chi connectivity index (χ1v) is 13.9. The molecule has 0 radical (unpaired) electrons. The molecule has 2 aromatic carbocycles. The lowest BCUT2D eigenvalue weighted by molar-refractivity contribution is -0.125. The van der Waals surface area contributed by atoms with Crippen molar-refractivity contribution >= 4 is 34.6 Å². The molecule has 10 heteroatoms. The molecule has 40 heavy (non-hydrogen) atoms. The topological polar surface area (TPSA) is 101 Å². The smallest absolute Gasteiger partial charge is 0.227 e. The Kier molecular flexibility index (Phi) is 7.95. The number of piperidine rings is 1. The molecular formula is C30H34N6O4. The standard InChI is InChI=1S/C30H34N6O4/c1-2-21-13-23-18-32-30(34-29(23)27(14-21)40-26-3-5-31-6-4-26)33-24-15-22(28-19-35(20-37)7-12-39-28)16-25(17-24)36-8-10-38-11-9-36/h1,13-18,20,26,28,31H,3-12,19H2,(H,32,33,34). The number of amides is 1. The van der Waals surface area contributed by atoms with Gasteiger partial charge in [-0.3, -0.25) is 4.79 Å². The molecule has 3 aliphatic rings. The lowest BCUT2D eigenvalue weighted by atomic mass is 10.0. The molecule has 10 nitrogen and oxygen atoms in total. The van der Waals surface area contributed by atoms with Crippen molar-refractivity contribution in [1.29, 1.82) is 0 Å². The fourth-order valence-corrected chi connectivity index (χ4v) is 5.43. The summed E-state index contributed by atoms with van der Waals surface area (Å²) in [6.07, 6.45) is 10.1. The Balaban J connectivity index is 1.33. The number of benzene rings is 2. The second-order valence-electron chi connectivity index (χ2n) is 10.3. The molecule has 6 rings (SSSR count). The van der Waals surface area contributed by atoms with Gasteiger partial charge >= 0.3 is 0 Å². The highest BCUT2D eigenvalue weighted by molar-refractivity contribution is 5.86. The van der Waals surface area contributed by atoms with E-state index < -0.39 is 0 Å². The number of hydrogen-bond donors (Lipinski definition) is 2. The molecule has 0 spiro atoms. The zero-order chi connectivity index (χ0) is 27.3. The molecular weight excluding hydrogens is 508 g/mol. The number of carbonyl (C=O) groups is 1. The van der Waals surface area contributed by atoms with Gasteiger partial charge in [-0.1, -0.05) is 5.92 Å². The van der Waals surface area contributed by atoms with Crippen LogP contribution in [-0.2, 0) is 14.3 Å². The van der Waals surface area contributed by atoms with Crippen LogP contribution < -0.4 is 20.3 Å². The monoisotopic (exact) mass is 542 g/mol. The molecule has 0 aliphatic carbocycles. The van der Waals surface area contributed by atoms with Gasteiger partial charge in [0.05, 0.1) is 26.4 Å². The first-order chi connectivity index (χ1) is 19.7. The Morgan fingerprint density at radius 2 is 1.95 bits per heavy atom. The molecule has 2 N–H and O–H groups in total. The number of carbonyl (C=O) groups excluding carboxylic acids is 1. The molecule has 1 atom stereocenters. The summed E-state index contributed by atoms with van der Waals surface area (Å²) in [5, 5.41) is 7.62. The van der Waals surface area contributed by atoms with Gasteiger partial charge < -0.3 is 34.6 Å². The highest BCUT2D eigenvalue weighted by Crippen LogP contribution is 2.33. The largest absolute Gasteiger partial charge is 0.488 e. The normalized spacial score (nSPS) is 20.2. The van der Waals surface area contributed by atoms with Gasteiger partial charge in [-0.05, 0) is 61.8 Å². The summed E-state index contributed by atoms with van der Waals surface area (Å²) in [7, 11) is 0. The lowest BCUT2D eigenvalue weighted by Crippen LogP contribution is -2.38. The summed E-state index contributed by atoms with van der Waals surface area (Å²) in [5.74, 6) is 3.85. The van der Waals surface area contributed by atoms with Crippen LogP contribution in [0.2, 0.25) is 0 Å². The molecule has 1 amide bonds. The van der Waals surface area contributed by atoms with E-state index in [-0.39, 0.29) is 12.2 Å². The van der Waals surface area contributed by atoms with E-state index in [9.17, 15) is 4.79 Å². The Morgan fingerprint density at radius 3 is 2.75 bits per heavy atom. The van der Waals surface area contributed by atoms with E-state index in [4.69, 9.17) is 25.6 Å². The Hall–Kier alpha value is -3.91.